The van der Waals surface area contributed by atoms with Crippen LogP contribution in [0.15, 0.2) is 27.9 Å². The Bertz CT molecular complexity index is 745. The van der Waals surface area contributed by atoms with Crippen molar-refractivity contribution in [2.45, 2.75) is 18.1 Å². The van der Waals surface area contributed by atoms with Crippen LogP contribution >= 0.6 is 11.3 Å². The van der Waals surface area contributed by atoms with Crippen LogP contribution in [-0.2, 0) is 10.0 Å². The fourth-order valence-corrected chi connectivity index (χ4v) is 4.07. The molecule has 8 heteroatoms. The summed E-state index contributed by atoms with van der Waals surface area (Å²) in [6.07, 6.45) is 0. The summed E-state index contributed by atoms with van der Waals surface area (Å²) in [6.45, 7) is 3.55. The molecule has 2 N–H and O–H groups in total. The first-order chi connectivity index (χ1) is 9.33. The first kappa shape index (κ1) is 14.5. The molecule has 0 amide bonds. The number of hydrogen-bond acceptors (Lipinski definition) is 5. The van der Waals surface area contributed by atoms with Gasteiger partial charge >= 0.3 is 5.97 Å². The number of sulfonamides is 1. The molecule has 0 unspecified atom stereocenters. The fourth-order valence-electron chi connectivity index (χ4n) is 1.72. The third-order valence-electron chi connectivity index (χ3n) is 2.70. The van der Waals surface area contributed by atoms with Crippen LogP contribution in [0.3, 0.4) is 0 Å². The molecule has 0 aliphatic carbocycles. The Labute approximate surface area is 120 Å². The molecule has 0 aliphatic heterocycles. The zero-order valence-electron chi connectivity index (χ0n) is 10.7. The predicted octanol–water partition coefficient (Wildman–Crippen LogP) is 2.26. The van der Waals surface area contributed by atoms with Gasteiger partial charge < -0.3 is 5.11 Å². The highest BCUT2D eigenvalue weighted by atomic mass is 32.2. The van der Waals surface area contributed by atoms with Gasteiger partial charge in [-0.25, -0.2) is 18.2 Å². The third-order valence-corrected chi connectivity index (χ3v) is 5.42. The fraction of sp³-hybridized carbons (Fsp3) is 0.167. The van der Waals surface area contributed by atoms with Gasteiger partial charge in [-0.3, -0.25) is 4.72 Å². The monoisotopic (exact) mass is 312 g/mol. The lowest BCUT2D eigenvalue weighted by atomic mass is 10.1. The highest BCUT2D eigenvalue weighted by molar-refractivity contribution is 7.94. The van der Waals surface area contributed by atoms with Gasteiger partial charge in [0, 0.05) is 0 Å². The van der Waals surface area contributed by atoms with E-state index in [2.05, 4.69) is 9.71 Å². The van der Waals surface area contributed by atoms with Crippen molar-refractivity contribution in [3.05, 3.63) is 40.5 Å². The molecule has 1 aromatic carbocycles. The molecule has 20 heavy (non-hydrogen) atoms. The number of rotatable bonds is 4. The number of anilines is 1. The lowest BCUT2D eigenvalue weighted by molar-refractivity contribution is 0.0687. The average Bonchev–Trinajstić information content (AvgIpc) is 2.84. The molecule has 0 bridgehead atoms. The molecule has 2 rings (SSSR count). The maximum absolute atomic E-state index is 12.3. The first-order valence-corrected chi connectivity index (χ1v) is 7.95. The van der Waals surface area contributed by atoms with Gasteiger partial charge in [0.1, 0.15) is 0 Å². The van der Waals surface area contributed by atoms with E-state index in [1.54, 1.807) is 26.0 Å². The maximum atomic E-state index is 12.3. The zero-order valence-corrected chi connectivity index (χ0v) is 12.4. The van der Waals surface area contributed by atoms with Crippen LogP contribution in [-0.4, -0.2) is 24.5 Å². The van der Waals surface area contributed by atoms with E-state index >= 15 is 0 Å². The van der Waals surface area contributed by atoms with Gasteiger partial charge in [-0.1, -0.05) is 18.2 Å². The minimum Gasteiger partial charge on any atom is -0.476 e. The highest BCUT2D eigenvalue weighted by Crippen LogP contribution is 2.26. The number of aryl methyl sites for hydroxylation is 2. The predicted molar refractivity (Wildman–Crippen MR) is 75.8 cm³/mol. The van der Waals surface area contributed by atoms with E-state index in [1.807, 2.05) is 6.07 Å². The van der Waals surface area contributed by atoms with Crippen LogP contribution in [0, 0.1) is 13.8 Å². The number of para-hydroxylation sites is 1. The summed E-state index contributed by atoms with van der Waals surface area (Å²) in [5, 5.41) is 8.95. The molecule has 0 atom stereocenters. The van der Waals surface area contributed by atoms with Crippen molar-refractivity contribution < 1.29 is 18.3 Å². The van der Waals surface area contributed by atoms with Crippen LogP contribution in [0.1, 0.15) is 21.6 Å². The summed E-state index contributed by atoms with van der Waals surface area (Å²) in [5.74, 6) is -1.37. The van der Waals surface area contributed by atoms with Gasteiger partial charge in [0.25, 0.3) is 10.0 Å². The lowest BCUT2D eigenvalue weighted by Gasteiger charge is -2.12. The number of carbonyl (C=O) groups is 1. The van der Waals surface area contributed by atoms with Gasteiger partial charge in [0.2, 0.25) is 0 Å². The second-order valence-electron chi connectivity index (χ2n) is 4.17. The molecule has 0 aliphatic rings. The minimum atomic E-state index is -3.97. The Hall–Kier alpha value is -1.93. The number of aromatic nitrogens is 1. The number of aromatic carboxylic acids is 1. The van der Waals surface area contributed by atoms with Gasteiger partial charge in [-0.2, -0.15) is 0 Å². The van der Waals surface area contributed by atoms with Crippen LogP contribution < -0.4 is 4.72 Å². The molecular formula is C12H12N2O4S2. The van der Waals surface area contributed by atoms with Crippen molar-refractivity contribution in [2.75, 3.05) is 4.72 Å². The summed E-state index contributed by atoms with van der Waals surface area (Å²) < 4.78 is 26.7. The van der Waals surface area contributed by atoms with Gasteiger partial charge in [-0.05, 0) is 25.0 Å². The number of nitrogens with one attached hydrogen (secondary N) is 1. The van der Waals surface area contributed by atoms with Crippen LogP contribution in [0.5, 0.6) is 0 Å². The second kappa shape index (κ2) is 5.22. The SMILES string of the molecule is Cc1cccc(C)c1NS(=O)(=O)c1scnc1C(=O)O. The molecule has 0 saturated heterocycles. The van der Waals surface area contributed by atoms with E-state index in [9.17, 15) is 13.2 Å². The van der Waals surface area contributed by atoms with Gasteiger partial charge in [0.05, 0.1) is 11.2 Å². The molecule has 106 valence electrons. The topological polar surface area (TPSA) is 96.4 Å². The normalized spacial score (nSPS) is 11.3. The molecule has 1 aromatic heterocycles. The number of benzene rings is 1. The van der Waals surface area contributed by atoms with Crippen molar-refractivity contribution in [2.24, 2.45) is 0 Å². The summed E-state index contributed by atoms with van der Waals surface area (Å²) in [5.41, 5.74) is 2.71. The Balaban J connectivity index is 2.47. The van der Waals surface area contributed by atoms with Crippen molar-refractivity contribution in [3.8, 4) is 0 Å². The molecule has 2 aromatic rings. The van der Waals surface area contributed by atoms with Crippen molar-refractivity contribution in [1.82, 2.24) is 4.98 Å². The molecule has 6 nitrogen and oxygen atoms in total. The number of carboxylic acid groups (broad SMARTS) is 1. The Morgan fingerprint density at radius 1 is 1.30 bits per heavy atom. The van der Waals surface area contributed by atoms with E-state index in [4.69, 9.17) is 5.11 Å². The molecular weight excluding hydrogens is 300 g/mol. The summed E-state index contributed by atoms with van der Waals surface area (Å²) >= 11 is 0.773. The van der Waals surface area contributed by atoms with E-state index in [0.29, 0.717) is 5.69 Å². The largest absolute Gasteiger partial charge is 0.476 e. The van der Waals surface area contributed by atoms with Gasteiger partial charge in [-0.15, -0.1) is 11.3 Å². The smallest absolute Gasteiger partial charge is 0.356 e. The number of thiazole rings is 1. The number of nitrogens with zero attached hydrogens (tertiary/aromatic N) is 1. The standard InChI is InChI=1S/C12H12N2O4S2/c1-7-4-3-5-8(2)9(7)14-20(17,18)12-10(11(15)16)13-6-19-12/h3-6,14H,1-2H3,(H,15,16). The lowest BCUT2D eigenvalue weighted by Crippen LogP contribution is -2.16. The van der Waals surface area contributed by atoms with Crippen molar-refractivity contribution in [3.63, 3.8) is 0 Å². The first-order valence-electron chi connectivity index (χ1n) is 5.58. The van der Waals surface area contributed by atoms with Crippen molar-refractivity contribution in [1.29, 1.82) is 0 Å². The minimum absolute atomic E-state index is 0.298. The zero-order chi connectivity index (χ0) is 14.9. The van der Waals surface area contributed by atoms with E-state index < -0.39 is 21.7 Å². The maximum Gasteiger partial charge on any atom is 0.356 e. The quantitative estimate of drug-likeness (QED) is 0.902. The van der Waals surface area contributed by atoms with E-state index in [0.717, 1.165) is 22.5 Å². The molecule has 0 saturated carbocycles. The van der Waals surface area contributed by atoms with Crippen LogP contribution in [0.4, 0.5) is 5.69 Å². The molecule has 0 radical (unpaired) electrons. The van der Waals surface area contributed by atoms with E-state index in [1.165, 1.54) is 5.51 Å². The summed E-state index contributed by atoms with van der Waals surface area (Å²) in [6, 6.07) is 5.36. The van der Waals surface area contributed by atoms with Gasteiger partial charge in [0.15, 0.2) is 9.90 Å². The second-order valence-corrected chi connectivity index (χ2v) is 6.90. The van der Waals surface area contributed by atoms with E-state index in [-0.39, 0.29) is 4.21 Å². The van der Waals surface area contributed by atoms with Crippen molar-refractivity contribution >= 4 is 33.0 Å². The highest BCUT2D eigenvalue weighted by Gasteiger charge is 2.26. The Morgan fingerprint density at radius 3 is 2.45 bits per heavy atom. The summed E-state index contributed by atoms with van der Waals surface area (Å²) in [4.78, 5) is 14.5. The Kier molecular flexibility index (Phi) is 3.78. The number of carboxylic acids is 1. The third kappa shape index (κ3) is 2.66. The number of hydrogen-bond donors (Lipinski definition) is 2. The summed E-state index contributed by atoms with van der Waals surface area (Å²) in [7, 11) is -3.97. The van der Waals surface area contributed by atoms with Crippen LogP contribution in [0.2, 0.25) is 0 Å². The Morgan fingerprint density at radius 2 is 1.90 bits per heavy atom. The van der Waals surface area contributed by atoms with Crippen LogP contribution in [0.25, 0.3) is 0 Å². The average molecular weight is 312 g/mol. The molecule has 1 heterocycles. The molecule has 0 fully saturated rings. The molecule has 0 spiro atoms.